The maximum atomic E-state index is 14.5. The smallest absolute Gasteiger partial charge is 0.229 e. The molecule has 8 heteroatoms. The molecule has 1 aromatic carbocycles. The van der Waals surface area contributed by atoms with Crippen LogP contribution in [0.15, 0.2) is 6.07 Å². The van der Waals surface area contributed by atoms with E-state index >= 15 is 0 Å². The highest BCUT2D eigenvalue weighted by atomic mass is 19.2. The molecule has 2 saturated carbocycles. The lowest BCUT2D eigenvalue weighted by Crippen LogP contribution is -2.39. The Labute approximate surface area is 154 Å². The molecule has 5 nitrogen and oxygen atoms in total. The lowest BCUT2D eigenvalue weighted by Gasteiger charge is -2.41. The maximum Gasteiger partial charge on any atom is 0.229 e. The van der Waals surface area contributed by atoms with Gasteiger partial charge in [-0.1, -0.05) is 0 Å². The van der Waals surface area contributed by atoms with E-state index in [0.29, 0.717) is 12.8 Å². The summed E-state index contributed by atoms with van der Waals surface area (Å²) >= 11 is 0. The number of nitrogens with one attached hydrogen (secondary N) is 1. The van der Waals surface area contributed by atoms with Gasteiger partial charge < -0.3 is 9.67 Å². The average Bonchev–Trinajstić information content (AvgIpc) is 3.34. The third kappa shape index (κ3) is 2.99. The molecule has 0 saturated heterocycles. The predicted molar refractivity (Wildman–Crippen MR) is 93.7 cm³/mol. The molecule has 2 aromatic rings. The quantitative estimate of drug-likeness (QED) is 0.774. The van der Waals surface area contributed by atoms with Gasteiger partial charge in [-0.15, -0.1) is 0 Å². The van der Waals surface area contributed by atoms with Gasteiger partial charge in [0.05, 0.1) is 17.5 Å². The van der Waals surface area contributed by atoms with Crippen molar-refractivity contribution in [2.75, 3.05) is 5.32 Å². The number of fused-ring (bicyclic) bond motifs is 1. The van der Waals surface area contributed by atoms with Crippen LogP contribution in [0, 0.1) is 23.4 Å². The summed E-state index contributed by atoms with van der Waals surface area (Å²) < 4.78 is 43.5. The zero-order chi connectivity index (χ0) is 19.6. The fourth-order valence-electron chi connectivity index (χ4n) is 4.01. The Balaban J connectivity index is 1.74. The van der Waals surface area contributed by atoms with Crippen LogP contribution in [0.1, 0.15) is 52.4 Å². The number of aromatic nitrogens is 2. The average molecular weight is 381 g/mol. The van der Waals surface area contributed by atoms with E-state index in [-0.39, 0.29) is 29.3 Å². The van der Waals surface area contributed by atoms with Crippen molar-refractivity contribution >= 4 is 22.9 Å². The number of aliphatic hydroxyl groups is 1. The molecule has 1 unspecified atom stereocenters. The fraction of sp³-hybridized carbons (Fsp3) is 0.579. The summed E-state index contributed by atoms with van der Waals surface area (Å²) in [6.07, 6.45) is 3.95. The Bertz CT molecular complexity index is 930. The molecule has 2 aliphatic carbocycles. The first kappa shape index (κ1) is 18.3. The van der Waals surface area contributed by atoms with Crippen molar-refractivity contribution in [3.8, 4) is 0 Å². The second kappa shape index (κ2) is 5.95. The standard InChI is InChI=1S/C19H22F3N3O2/c1-18(6-3-7-18)25-16-12(8-11(20)14(21)15(16)22)23-17(25)24-13(26)9-19(2,27)10-4-5-10/h8,10,27H,3-7,9H2,1-2H3,(H,23,24,26). The third-order valence-corrected chi connectivity index (χ3v) is 5.98. The van der Waals surface area contributed by atoms with E-state index in [2.05, 4.69) is 10.3 Å². The first-order valence-corrected chi connectivity index (χ1v) is 9.21. The van der Waals surface area contributed by atoms with Crippen molar-refractivity contribution in [1.82, 2.24) is 9.55 Å². The van der Waals surface area contributed by atoms with Crippen LogP contribution in [0.2, 0.25) is 0 Å². The fourth-order valence-corrected chi connectivity index (χ4v) is 4.01. The van der Waals surface area contributed by atoms with Gasteiger partial charge in [0.25, 0.3) is 0 Å². The Morgan fingerprint density at radius 2 is 2.04 bits per heavy atom. The zero-order valence-electron chi connectivity index (χ0n) is 15.3. The SMILES string of the molecule is CC(O)(CC(=O)Nc1nc2cc(F)c(F)c(F)c2n1C1(C)CCC1)C1CC1. The number of carbonyl (C=O) groups excluding carboxylic acids is 1. The van der Waals surface area contributed by atoms with Crippen molar-refractivity contribution in [1.29, 1.82) is 0 Å². The Kier molecular flexibility index (Phi) is 4.03. The first-order valence-electron chi connectivity index (χ1n) is 9.21. The highest BCUT2D eigenvalue weighted by Crippen LogP contribution is 2.44. The van der Waals surface area contributed by atoms with Crippen molar-refractivity contribution in [3.05, 3.63) is 23.5 Å². The molecule has 1 aromatic heterocycles. The normalized spacial score (nSPS) is 21.0. The zero-order valence-corrected chi connectivity index (χ0v) is 15.3. The third-order valence-electron chi connectivity index (χ3n) is 5.98. The van der Waals surface area contributed by atoms with Crippen LogP contribution in [0.25, 0.3) is 11.0 Å². The lowest BCUT2D eigenvalue weighted by molar-refractivity contribution is -0.121. The highest BCUT2D eigenvalue weighted by Gasteiger charge is 2.42. The van der Waals surface area contributed by atoms with Gasteiger partial charge >= 0.3 is 0 Å². The van der Waals surface area contributed by atoms with Gasteiger partial charge in [0.15, 0.2) is 17.5 Å². The lowest BCUT2D eigenvalue weighted by atomic mass is 9.78. The predicted octanol–water partition coefficient (Wildman–Crippen LogP) is 3.84. The van der Waals surface area contributed by atoms with Gasteiger partial charge in [-0.25, -0.2) is 18.2 Å². The monoisotopic (exact) mass is 381 g/mol. The van der Waals surface area contributed by atoms with Crippen LogP contribution in [-0.4, -0.2) is 26.2 Å². The van der Waals surface area contributed by atoms with E-state index in [1.165, 1.54) is 4.57 Å². The Morgan fingerprint density at radius 1 is 1.37 bits per heavy atom. The number of rotatable bonds is 5. The summed E-state index contributed by atoms with van der Waals surface area (Å²) in [5.74, 6) is -4.51. The molecule has 2 N–H and O–H groups in total. The van der Waals surface area contributed by atoms with Crippen LogP contribution >= 0.6 is 0 Å². The minimum Gasteiger partial charge on any atom is -0.389 e. The largest absolute Gasteiger partial charge is 0.389 e. The maximum absolute atomic E-state index is 14.5. The molecule has 0 radical (unpaired) electrons. The molecule has 2 fully saturated rings. The van der Waals surface area contributed by atoms with Gasteiger partial charge in [0.1, 0.15) is 5.52 Å². The molecule has 0 spiro atoms. The summed E-state index contributed by atoms with van der Waals surface area (Å²) in [6.45, 7) is 3.49. The van der Waals surface area contributed by atoms with E-state index in [0.717, 1.165) is 25.3 Å². The molecular weight excluding hydrogens is 359 g/mol. The second-order valence-corrected chi connectivity index (χ2v) is 8.33. The van der Waals surface area contributed by atoms with Crippen molar-refractivity contribution in [3.63, 3.8) is 0 Å². The summed E-state index contributed by atoms with van der Waals surface area (Å²) in [7, 11) is 0. The number of benzene rings is 1. The van der Waals surface area contributed by atoms with E-state index in [1.807, 2.05) is 6.92 Å². The molecule has 4 rings (SSSR count). The van der Waals surface area contributed by atoms with E-state index in [4.69, 9.17) is 0 Å². The van der Waals surface area contributed by atoms with E-state index < -0.39 is 34.5 Å². The molecule has 1 amide bonds. The minimum absolute atomic E-state index is 0.0488. The Hall–Kier alpha value is -2.09. The highest BCUT2D eigenvalue weighted by molar-refractivity contribution is 5.92. The van der Waals surface area contributed by atoms with Crippen molar-refractivity contribution in [2.24, 2.45) is 5.92 Å². The summed E-state index contributed by atoms with van der Waals surface area (Å²) in [6, 6.07) is 0.836. The van der Waals surface area contributed by atoms with Crippen LogP contribution < -0.4 is 5.32 Å². The summed E-state index contributed by atoms with van der Waals surface area (Å²) in [5.41, 5.74) is -1.86. The van der Waals surface area contributed by atoms with Gasteiger partial charge in [-0.2, -0.15) is 0 Å². The molecule has 146 valence electrons. The number of carbonyl (C=O) groups is 1. The minimum atomic E-state index is -1.55. The van der Waals surface area contributed by atoms with E-state index in [9.17, 15) is 23.1 Å². The number of imidazole rings is 1. The van der Waals surface area contributed by atoms with Crippen LogP contribution in [0.5, 0.6) is 0 Å². The summed E-state index contributed by atoms with van der Waals surface area (Å²) in [4.78, 5) is 16.6. The number of anilines is 1. The van der Waals surface area contributed by atoms with Crippen molar-refractivity contribution < 1.29 is 23.1 Å². The van der Waals surface area contributed by atoms with Gasteiger partial charge in [0.2, 0.25) is 11.9 Å². The summed E-state index contributed by atoms with van der Waals surface area (Å²) in [5, 5.41) is 13.0. The second-order valence-electron chi connectivity index (χ2n) is 8.33. The molecule has 1 atom stereocenters. The first-order chi connectivity index (χ1) is 12.6. The molecule has 2 aliphatic rings. The van der Waals surface area contributed by atoms with Gasteiger partial charge in [-0.3, -0.25) is 10.1 Å². The van der Waals surface area contributed by atoms with Gasteiger partial charge in [0, 0.05) is 11.6 Å². The van der Waals surface area contributed by atoms with Crippen LogP contribution in [0.4, 0.5) is 19.1 Å². The van der Waals surface area contributed by atoms with Crippen LogP contribution in [0.3, 0.4) is 0 Å². The van der Waals surface area contributed by atoms with E-state index in [1.54, 1.807) is 6.92 Å². The molecule has 1 heterocycles. The molecule has 0 aliphatic heterocycles. The number of amides is 1. The Morgan fingerprint density at radius 3 is 2.59 bits per heavy atom. The number of nitrogens with zero attached hydrogens (tertiary/aromatic N) is 2. The van der Waals surface area contributed by atoms with Crippen LogP contribution in [-0.2, 0) is 10.3 Å². The molecular formula is C19H22F3N3O2. The van der Waals surface area contributed by atoms with Gasteiger partial charge in [-0.05, 0) is 51.9 Å². The number of hydrogen-bond donors (Lipinski definition) is 2. The number of hydrogen-bond acceptors (Lipinski definition) is 3. The molecule has 27 heavy (non-hydrogen) atoms. The topological polar surface area (TPSA) is 67.2 Å². The number of halogens is 3. The molecule has 0 bridgehead atoms. The van der Waals surface area contributed by atoms with Crippen molar-refractivity contribution in [2.45, 2.75) is 63.5 Å².